The van der Waals surface area contributed by atoms with Crippen molar-refractivity contribution in [2.75, 3.05) is 26.2 Å². The summed E-state index contributed by atoms with van der Waals surface area (Å²) in [6.07, 6.45) is 4.19. The fraction of sp³-hybridized carbons (Fsp3) is 1.00. The second kappa shape index (κ2) is 6.75. The lowest BCUT2D eigenvalue weighted by Crippen LogP contribution is -2.42. The van der Waals surface area contributed by atoms with E-state index in [-0.39, 0.29) is 0 Å². The van der Waals surface area contributed by atoms with Crippen LogP contribution in [0.15, 0.2) is 0 Å². The Kier molecular flexibility index (Phi) is 5.94. The molecule has 0 aromatic heterocycles. The van der Waals surface area contributed by atoms with Crippen LogP contribution in [0.1, 0.15) is 53.9 Å². The molecule has 1 rings (SSSR count). The maximum Gasteiger partial charge on any atom is 0.00966 e. The first-order valence-corrected chi connectivity index (χ1v) is 7.39. The van der Waals surface area contributed by atoms with E-state index in [0.717, 1.165) is 25.0 Å². The topological polar surface area (TPSA) is 15.3 Å². The van der Waals surface area contributed by atoms with Crippen LogP contribution in [-0.2, 0) is 0 Å². The monoisotopic (exact) mass is 240 g/mol. The molecule has 2 heteroatoms. The van der Waals surface area contributed by atoms with Gasteiger partial charge in [0.05, 0.1) is 0 Å². The second-order valence-corrected chi connectivity index (χ2v) is 6.83. The van der Waals surface area contributed by atoms with Crippen molar-refractivity contribution >= 4 is 0 Å². The average molecular weight is 240 g/mol. The van der Waals surface area contributed by atoms with Gasteiger partial charge in [-0.2, -0.15) is 0 Å². The molecule has 0 radical (unpaired) electrons. The molecule has 17 heavy (non-hydrogen) atoms. The van der Waals surface area contributed by atoms with E-state index < -0.39 is 0 Å². The van der Waals surface area contributed by atoms with Crippen molar-refractivity contribution < 1.29 is 0 Å². The molecule has 0 atom stereocenters. The van der Waals surface area contributed by atoms with Crippen molar-refractivity contribution in [3.05, 3.63) is 0 Å². The van der Waals surface area contributed by atoms with Gasteiger partial charge in [0.25, 0.3) is 0 Å². The molecule has 2 nitrogen and oxygen atoms in total. The Bertz CT molecular complexity index is 207. The van der Waals surface area contributed by atoms with E-state index in [1.807, 2.05) is 0 Å². The van der Waals surface area contributed by atoms with Crippen molar-refractivity contribution in [2.24, 2.45) is 11.3 Å². The fourth-order valence-corrected chi connectivity index (χ4v) is 2.32. The molecule has 0 amide bonds. The van der Waals surface area contributed by atoms with Crippen molar-refractivity contribution in [1.82, 2.24) is 10.2 Å². The zero-order valence-electron chi connectivity index (χ0n) is 12.6. The van der Waals surface area contributed by atoms with Gasteiger partial charge in [-0.05, 0) is 43.7 Å². The second-order valence-electron chi connectivity index (χ2n) is 6.83. The Hall–Kier alpha value is -0.0800. The van der Waals surface area contributed by atoms with Gasteiger partial charge in [-0.15, -0.1) is 0 Å². The zero-order chi connectivity index (χ0) is 12.9. The molecule has 1 fully saturated rings. The molecule has 0 spiro atoms. The van der Waals surface area contributed by atoms with E-state index in [4.69, 9.17) is 0 Å². The van der Waals surface area contributed by atoms with Crippen molar-refractivity contribution in [3.8, 4) is 0 Å². The van der Waals surface area contributed by atoms with Gasteiger partial charge in [0.2, 0.25) is 0 Å². The molecular weight excluding hydrogens is 208 g/mol. The summed E-state index contributed by atoms with van der Waals surface area (Å²) in [6, 6.07) is 0.898. The molecule has 1 N–H and O–H groups in total. The summed E-state index contributed by atoms with van der Waals surface area (Å²) in [5.74, 6) is 0.827. The lowest BCUT2D eigenvalue weighted by atomic mass is 9.92. The van der Waals surface area contributed by atoms with Crippen molar-refractivity contribution in [3.63, 3.8) is 0 Å². The Morgan fingerprint density at radius 2 is 1.94 bits per heavy atom. The highest BCUT2D eigenvalue weighted by atomic mass is 15.2. The molecule has 1 aliphatic carbocycles. The summed E-state index contributed by atoms with van der Waals surface area (Å²) >= 11 is 0. The van der Waals surface area contributed by atoms with Gasteiger partial charge >= 0.3 is 0 Å². The van der Waals surface area contributed by atoms with Crippen LogP contribution in [0.4, 0.5) is 0 Å². The van der Waals surface area contributed by atoms with Crippen molar-refractivity contribution in [1.29, 1.82) is 0 Å². The summed E-state index contributed by atoms with van der Waals surface area (Å²) in [5, 5.41) is 3.49. The third kappa shape index (κ3) is 6.42. The number of rotatable bonds is 9. The van der Waals surface area contributed by atoms with Crippen LogP contribution in [0.25, 0.3) is 0 Å². The maximum absolute atomic E-state index is 3.49. The smallest absolute Gasteiger partial charge is 0.00966 e. The largest absolute Gasteiger partial charge is 0.316 e. The first-order valence-electron chi connectivity index (χ1n) is 7.39. The SMILES string of the molecule is CCNCC(C)(C)CN(CCC(C)C)C1CC1. The van der Waals surface area contributed by atoms with E-state index in [9.17, 15) is 0 Å². The summed E-state index contributed by atoms with van der Waals surface area (Å²) in [5.41, 5.74) is 0.398. The zero-order valence-corrected chi connectivity index (χ0v) is 12.6. The molecular formula is C15H32N2. The summed E-state index contributed by atoms with van der Waals surface area (Å²) < 4.78 is 0. The van der Waals surface area contributed by atoms with E-state index in [1.54, 1.807) is 0 Å². The molecule has 0 unspecified atom stereocenters. The highest BCUT2D eigenvalue weighted by Gasteiger charge is 2.32. The lowest BCUT2D eigenvalue weighted by molar-refractivity contribution is 0.160. The first kappa shape index (κ1) is 15.0. The van der Waals surface area contributed by atoms with Gasteiger partial charge in [-0.25, -0.2) is 0 Å². The third-order valence-electron chi connectivity index (χ3n) is 3.54. The summed E-state index contributed by atoms with van der Waals surface area (Å²) in [7, 11) is 0. The molecule has 1 aliphatic rings. The minimum absolute atomic E-state index is 0.398. The Labute approximate surface area is 108 Å². The van der Waals surface area contributed by atoms with E-state index in [2.05, 4.69) is 44.8 Å². The number of hydrogen-bond acceptors (Lipinski definition) is 2. The van der Waals surface area contributed by atoms with Crippen LogP contribution in [0.2, 0.25) is 0 Å². The molecule has 1 saturated carbocycles. The van der Waals surface area contributed by atoms with Crippen molar-refractivity contribution in [2.45, 2.75) is 59.9 Å². The third-order valence-corrected chi connectivity index (χ3v) is 3.54. The molecule has 0 bridgehead atoms. The molecule has 0 aromatic rings. The minimum atomic E-state index is 0.398. The summed E-state index contributed by atoms with van der Waals surface area (Å²) in [6.45, 7) is 16.4. The molecule has 0 aromatic carbocycles. The Morgan fingerprint density at radius 1 is 1.29 bits per heavy atom. The Balaban J connectivity index is 2.36. The lowest BCUT2D eigenvalue weighted by Gasteiger charge is -2.33. The van der Waals surface area contributed by atoms with E-state index in [1.165, 1.54) is 32.4 Å². The van der Waals surface area contributed by atoms with Crippen LogP contribution in [0.5, 0.6) is 0 Å². The minimum Gasteiger partial charge on any atom is -0.316 e. The summed E-state index contributed by atoms with van der Waals surface area (Å²) in [4.78, 5) is 2.73. The van der Waals surface area contributed by atoms with Gasteiger partial charge in [0, 0.05) is 19.1 Å². The average Bonchev–Trinajstić information content (AvgIpc) is 3.05. The van der Waals surface area contributed by atoms with Gasteiger partial charge in [-0.3, -0.25) is 4.90 Å². The molecule has 102 valence electrons. The normalized spacial score (nSPS) is 17.1. The van der Waals surface area contributed by atoms with Gasteiger partial charge < -0.3 is 5.32 Å². The van der Waals surface area contributed by atoms with Crippen LogP contribution in [-0.4, -0.2) is 37.1 Å². The standard InChI is InChI=1S/C15H32N2/c1-6-16-11-15(4,5)12-17(14-7-8-14)10-9-13(2)3/h13-14,16H,6-12H2,1-5H3. The highest BCUT2D eigenvalue weighted by Crippen LogP contribution is 2.30. The van der Waals surface area contributed by atoms with Gasteiger partial charge in [0.1, 0.15) is 0 Å². The van der Waals surface area contributed by atoms with Gasteiger partial charge in [-0.1, -0.05) is 34.6 Å². The fourth-order valence-electron chi connectivity index (χ4n) is 2.32. The van der Waals surface area contributed by atoms with Gasteiger partial charge in [0.15, 0.2) is 0 Å². The van der Waals surface area contributed by atoms with E-state index in [0.29, 0.717) is 5.41 Å². The number of nitrogens with zero attached hydrogens (tertiary/aromatic N) is 1. The van der Waals surface area contributed by atoms with Crippen LogP contribution in [0.3, 0.4) is 0 Å². The maximum atomic E-state index is 3.49. The molecule has 0 heterocycles. The van der Waals surface area contributed by atoms with Crippen LogP contribution < -0.4 is 5.32 Å². The number of hydrogen-bond donors (Lipinski definition) is 1. The molecule has 0 saturated heterocycles. The Morgan fingerprint density at radius 3 is 2.41 bits per heavy atom. The predicted molar refractivity (Wildman–Crippen MR) is 76.4 cm³/mol. The van der Waals surface area contributed by atoms with Crippen LogP contribution >= 0.6 is 0 Å². The predicted octanol–water partition coefficient (Wildman–Crippen LogP) is 3.13. The quantitative estimate of drug-likeness (QED) is 0.666. The molecule has 0 aliphatic heterocycles. The first-order chi connectivity index (χ1) is 7.94. The van der Waals surface area contributed by atoms with Crippen LogP contribution in [0, 0.1) is 11.3 Å². The van der Waals surface area contributed by atoms with E-state index >= 15 is 0 Å². The number of nitrogens with one attached hydrogen (secondary N) is 1. The highest BCUT2D eigenvalue weighted by molar-refractivity contribution is 4.88.